The third-order valence-electron chi connectivity index (χ3n) is 3.35. The van der Waals surface area contributed by atoms with Gasteiger partial charge in [0.2, 0.25) is 5.91 Å². The summed E-state index contributed by atoms with van der Waals surface area (Å²) in [6, 6.07) is 11.7. The third kappa shape index (κ3) is 2.39. The molecule has 19 heavy (non-hydrogen) atoms. The molecule has 1 N–H and O–H groups in total. The molecule has 98 valence electrons. The van der Waals surface area contributed by atoms with E-state index in [2.05, 4.69) is 5.32 Å². The largest absolute Gasteiger partial charge is 0.472 e. The van der Waals surface area contributed by atoms with Gasteiger partial charge in [0.15, 0.2) is 0 Å². The summed E-state index contributed by atoms with van der Waals surface area (Å²) in [6.45, 7) is 1.04. The van der Waals surface area contributed by atoms with E-state index in [9.17, 15) is 4.79 Å². The summed E-state index contributed by atoms with van der Waals surface area (Å²) in [5, 5.41) is 3.08. The van der Waals surface area contributed by atoms with E-state index in [-0.39, 0.29) is 11.4 Å². The zero-order valence-corrected chi connectivity index (χ0v) is 10.5. The van der Waals surface area contributed by atoms with Gasteiger partial charge in [-0.2, -0.15) is 0 Å². The van der Waals surface area contributed by atoms with Crippen LogP contribution in [0.5, 0.6) is 0 Å². The highest BCUT2D eigenvalue weighted by atomic mass is 16.5. The summed E-state index contributed by atoms with van der Waals surface area (Å²) >= 11 is 0. The lowest BCUT2D eigenvalue weighted by Crippen LogP contribution is -2.59. The second-order valence-corrected chi connectivity index (χ2v) is 4.80. The SMILES string of the molecule is O=C(Cc1ccoc1)NC1(c2ccccc2)COC1. The number of furan rings is 1. The van der Waals surface area contributed by atoms with E-state index in [0.717, 1.165) is 11.1 Å². The predicted molar refractivity (Wildman–Crippen MR) is 69.5 cm³/mol. The number of carbonyl (C=O) groups excluding carboxylic acids is 1. The lowest BCUT2D eigenvalue weighted by atomic mass is 9.87. The van der Waals surface area contributed by atoms with Crippen LogP contribution in [0.1, 0.15) is 11.1 Å². The first kappa shape index (κ1) is 12.0. The van der Waals surface area contributed by atoms with Gasteiger partial charge >= 0.3 is 0 Å². The van der Waals surface area contributed by atoms with Gasteiger partial charge in [0.05, 0.1) is 32.2 Å². The van der Waals surface area contributed by atoms with Crippen LogP contribution in [-0.4, -0.2) is 19.1 Å². The second kappa shape index (κ2) is 4.90. The fourth-order valence-corrected chi connectivity index (χ4v) is 2.26. The van der Waals surface area contributed by atoms with E-state index >= 15 is 0 Å². The van der Waals surface area contributed by atoms with E-state index in [1.807, 2.05) is 30.3 Å². The maximum absolute atomic E-state index is 12.1. The molecule has 0 aliphatic carbocycles. The molecule has 2 aromatic rings. The first-order chi connectivity index (χ1) is 9.28. The molecule has 2 heterocycles. The Labute approximate surface area is 111 Å². The van der Waals surface area contributed by atoms with Crippen LogP contribution < -0.4 is 5.32 Å². The van der Waals surface area contributed by atoms with Crippen molar-refractivity contribution in [3.05, 3.63) is 60.1 Å². The molecule has 4 heteroatoms. The van der Waals surface area contributed by atoms with E-state index in [4.69, 9.17) is 9.15 Å². The Morgan fingerprint density at radius 3 is 2.58 bits per heavy atom. The predicted octanol–water partition coefficient (Wildman–Crippen LogP) is 1.86. The number of nitrogens with one attached hydrogen (secondary N) is 1. The number of benzene rings is 1. The highest BCUT2D eigenvalue weighted by molar-refractivity contribution is 5.79. The Morgan fingerprint density at radius 1 is 1.21 bits per heavy atom. The summed E-state index contributed by atoms with van der Waals surface area (Å²) in [6.07, 6.45) is 3.49. The third-order valence-corrected chi connectivity index (χ3v) is 3.35. The van der Waals surface area contributed by atoms with Crippen molar-refractivity contribution < 1.29 is 13.9 Å². The molecule has 1 aliphatic heterocycles. The zero-order chi connectivity index (χ0) is 13.1. The van der Waals surface area contributed by atoms with E-state index < -0.39 is 0 Å². The van der Waals surface area contributed by atoms with Gasteiger partial charge < -0.3 is 14.5 Å². The maximum Gasteiger partial charge on any atom is 0.225 e. The highest BCUT2D eigenvalue weighted by Gasteiger charge is 2.41. The summed E-state index contributed by atoms with van der Waals surface area (Å²) in [7, 11) is 0. The van der Waals surface area contributed by atoms with Gasteiger partial charge in [0, 0.05) is 0 Å². The standard InChI is InChI=1S/C15H15NO3/c17-14(8-12-6-7-18-9-12)16-15(10-19-11-15)13-4-2-1-3-5-13/h1-7,9H,8,10-11H2,(H,16,17). The molecule has 1 fully saturated rings. The van der Waals surface area contributed by atoms with Crippen molar-refractivity contribution in [1.29, 1.82) is 0 Å². The Kier molecular flexibility index (Phi) is 3.09. The van der Waals surface area contributed by atoms with Crippen molar-refractivity contribution in [2.75, 3.05) is 13.2 Å². The molecule has 3 rings (SSSR count). The lowest BCUT2D eigenvalue weighted by Gasteiger charge is -2.42. The molecule has 1 aromatic carbocycles. The van der Waals surface area contributed by atoms with Crippen molar-refractivity contribution in [2.45, 2.75) is 12.0 Å². The van der Waals surface area contributed by atoms with Crippen LogP contribution in [0.15, 0.2) is 53.3 Å². The van der Waals surface area contributed by atoms with Gasteiger partial charge in [-0.25, -0.2) is 0 Å². The summed E-state index contributed by atoms with van der Waals surface area (Å²) in [5.41, 5.74) is 1.59. The summed E-state index contributed by atoms with van der Waals surface area (Å²) in [4.78, 5) is 12.1. The smallest absolute Gasteiger partial charge is 0.225 e. The molecule has 4 nitrogen and oxygen atoms in total. The van der Waals surface area contributed by atoms with Gasteiger partial charge in [-0.05, 0) is 17.2 Å². The minimum atomic E-state index is -0.373. The van der Waals surface area contributed by atoms with Crippen LogP contribution in [0.3, 0.4) is 0 Å². The lowest BCUT2D eigenvalue weighted by molar-refractivity contribution is -0.133. The number of amides is 1. The van der Waals surface area contributed by atoms with Gasteiger partial charge in [-0.1, -0.05) is 30.3 Å². The van der Waals surface area contributed by atoms with E-state index in [1.54, 1.807) is 18.6 Å². The molecule has 0 unspecified atom stereocenters. The van der Waals surface area contributed by atoms with Crippen LogP contribution >= 0.6 is 0 Å². The molecule has 1 saturated heterocycles. The molecule has 1 amide bonds. The Balaban J connectivity index is 1.72. The van der Waals surface area contributed by atoms with Crippen LogP contribution in [0.2, 0.25) is 0 Å². The van der Waals surface area contributed by atoms with Gasteiger partial charge in [0.1, 0.15) is 5.54 Å². The molecule has 0 bridgehead atoms. The Morgan fingerprint density at radius 2 is 2.00 bits per heavy atom. The van der Waals surface area contributed by atoms with Gasteiger partial charge in [0.25, 0.3) is 0 Å². The minimum Gasteiger partial charge on any atom is -0.472 e. The van der Waals surface area contributed by atoms with Gasteiger partial charge in [-0.15, -0.1) is 0 Å². The van der Waals surface area contributed by atoms with Crippen LogP contribution in [0, 0.1) is 0 Å². The molecular formula is C15H15NO3. The molecule has 1 aromatic heterocycles. The van der Waals surface area contributed by atoms with E-state index in [1.165, 1.54) is 0 Å². The average Bonchev–Trinajstić information content (AvgIpc) is 2.88. The monoisotopic (exact) mass is 257 g/mol. The average molecular weight is 257 g/mol. The Bertz CT molecular complexity index is 544. The number of hydrogen-bond donors (Lipinski definition) is 1. The molecule has 1 aliphatic rings. The van der Waals surface area contributed by atoms with Crippen molar-refractivity contribution in [1.82, 2.24) is 5.32 Å². The fourth-order valence-electron chi connectivity index (χ4n) is 2.26. The van der Waals surface area contributed by atoms with Crippen molar-refractivity contribution in [3.8, 4) is 0 Å². The normalized spacial score (nSPS) is 16.6. The topological polar surface area (TPSA) is 51.5 Å². The summed E-state index contributed by atoms with van der Waals surface area (Å²) < 4.78 is 10.3. The summed E-state index contributed by atoms with van der Waals surface area (Å²) in [5.74, 6) is -0.0199. The maximum atomic E-state index is 12.1. The van der Waals surface area contributed by atoms with E-state index in [0.29, 0.717) is 19.6 Å². The van der Waals surface area contributed by atoms with Crippen LogP contribution in [0.4, 0.5) is 0 Å². The molecule has 0 spiro atoms. The molecule has 0 atom stereocenters. The first-order valence-corrected chi connectivity index (χ1v) is 6.24. The quantitative estimate of drug-likeness (QED) is 0.909. The molecule has 0 saturated carbocycles. The first-order valence-electron chi connectivity index (χ1n) is 6.24. The number of hydrogen-bond acceptors (Lipinski definition) is 3. The van der Waals surface area contributed by atoms with Crippen molar-refractivity contribution >= 4 is 5.91 Å². The minimum absolute atomic E-state index is 0.0199. The van der Waals surface area contributed by atoms with Gasteiger partial charge in [-0.3, -0.25) is 4.79 Å². The second-order valence-electron chi connectivity index (χ2n) is 4.80. The van der Waals surface area contributed by atoms with Crippen molar-refractivity contribution in [2.24, 2.45) is 0 Å². The fraction of sp³-hybridized carbons (Fsp3) is 0.267. The van der Waals surface area contributed by atoms with Crippen molar-refractivity contribution in [3.63, 3.8) is 0 Å². The molecule has 0 radical (unpaired) electrons. The van der Waals surface area contributed by atoms with Crippen LogP contribution in [-0.2, 0) is 21.5 Å². The van der Waals surface area contributed by atoms with Crippen LogP contribution in [0.25, 0.3) is 0 Å². The zero-order valence-electron chi connectivity index (χ0n) is 10.5. The number of carbonyl (C=O) groups is 1. The number of rotatable bonds is 4. The Hall–Kier alpha value is -2.07. The highest BCUT2D eigenvalue weighted by Crippen LogP contribution is 2.29. The molecular weight excluding hydrogens is 242 g/mol. The number of ether oxygens (including phenoxy) is 1.